The van der Waals surface area contributed by atoms with Gasteiger partial charge in [0.05, 0.1) is 0 Å². The Morgan fingerprint density at radius 3 is 2.68 bits per heavy atom. The zero-order valence-corrected chi connectivity index (χ0v) is 13.0. The van der Waals surface area contributed by atoms with E-state index in [9.17, 15) is 9.90 Å². The molecule has 0 aliphatic rings. The number of aliphatic hydroxyl groups is 1. The van der Waals surface area contributed by atoms with Crippen LogP contribution in [-0.4, -0.2) is 29.1 Å². The lowest BCUT2D eigenvalue weighted by Gasteiger charge is -2.15. The third-order valence-corrected chi connectivity index (χ3v) is 3.80. The van der Waals surface area contributed by atoms with Gasteiger partial charge in [-0.2, -0.15) is 0 Å². The quantitative estimate of drug-likeness (QED) is 0.860. The molecule has 2 aromatic rings. The van der Waals surface area contributed by atoms with E-state index in [2.05, 4.69) is 10.3 Å². The van der Waals surface area contributed by atoms with Crippen molar-refractivity contribution in [1.29, 1.82) is 0 Å². The minimum absolute atomic E-state index is 0.0176. The summed E-state index contributed by atoms with van der Waals surface area (Å²) in [7, 11) is 0. The number of aromatic nitrogens is 1. The van der Waals surface area contributed by atoms with Crippen LogP contribution in [0.15, 0.2) is 42.6 Å². The highest BCUT2D eigenvalue weighted by molar-refractivity contribution is 5.94. The highest BCUT2D eigenvalue weighted by Crippen LogP contribution is 2.10. The molecule has 0 saturated heterocycles. The van der Waals surface area contributed by atoms with Crippen molar-refractivity contribution in [2.45, 2.75) is 20.3 Å². The number of aliphatic hydroxyl groups excluding tert-OH is 1. The molecule has 1 atom stereocenters. The Balaban J connectivity index is 1.92. The molecule has 1 aromatic heterocycles. The van der Waals surface area contributed by atoms with Crippen molar-refractivity contribution in [2.75, 3.05) is 13.2 Å². The first kappa shape index (κ1) is 16.2. The van der Waals surface area contributed by atoms with E-state index < -0.39 is 0 Å². The maximum absolute atomic E-state index is 12.2. The fourth-order valence-corrected chi connectivity index (χ4v) is 2.24. The molecule has 1 amide bonds. The number of hydrogen-bond donors (Lipinski definition) is 2. The van der Waals surface area contributed by atoms with Crippen molar-refractivity contribution in [2.24, 2.45) is 5.92 Å². The molecule has 1 unspecified atom stereocenters. The molecule has 1 aromatic carbocycles. The number of carbonyl (C=O) groups excluding carboxylic acids is 1. The van der Waals surface area contributed by atoms with E-state index in [1.807, 2.05) is 50.2 Å². The van der Waals surface area contributed by atoms with Crippen LogP contribution < -0.4 is 5.32 Å². The number of rotatable bonds is 6. The van der Waals surface area contributed by atoms with Gasteiger partial charge in [-0.05, 0) is 55.7 Å². The van der Waals surface area contributed by atoms with Crippen LogP contribution >= 0.6 is 0 Å². The summed E-state index contributed by atoms with van der Waals surface area (Å²) >= 11 is 0. The first-order chi connectivity index (χ1) is 10.6. The highest BCUT2D eigenvalue weighted by atomic mass is 16.3. The van der Waals surface area contributed by atoms with Crippen molar-refractivity contribution in [3.05, 3.63) is 65.0 Å². The standard InChI is InChI=1S/C18H22N2O2/c1-13-6-7-16(9-14(13)2)18(22)20-11-15(12-21)10-17-5-3-4-8-19-17/h3-9,15,21H,10-12H2,1-2H3,(H,20,22). The van der Waals surface area contributed by atoms with Gasteiger partial charge in [0, 0.05) is 36.5 Å². The van der Waals surface area contributed by atoms with Gasteiger partial charge in [0.1, 0.15) is 0 Å². The van der Waals surface area contributed by atoms with E-state index in [0.29, 0.717) is 18.5 Å². The van der Waals surface area contributed by atoms with Crippen molar-refractivity contribution in [3.8, 4) is 0 Å². The van der Waals surface area contributed by atoms with Crippen LogP contribution in [-0.2, 0) is 6.42 Å². The predicted molar refractivity (Wildman–Crippen MR) is 86.8 cm³/mol. The van der Waals surface area contributed by atoms with Gasteiger partial charge in [0.25, 0.3) is 5.91 Å². The van der Waals surface area contributed by atoms with Gasteiger partial charge in [-0.1, -0.05) is 12.1 Å². The number of aryl methyl sites for hydroxylation is 2. The van der Waals surface area contributed by atoms with Gasteiger partial charge < -0.3 is 10.4 Å². The summed E-state index contributed by atoms with van der Waals surface area (Å²) in [6, 6.07) is 11.4. The smallest absolute Gasteiger partial charge is 0.251 e. The van der Waals surface area contributed by atoms with E-state index in [1.54, 1.807) is 6.20 Å². The molecule has 116 valence electrons. The Labute approximate surface area is 131 Å². The summed E-state index contributed by atoms with van der Waals surface area (Å²) < 4.78 is 0. The number of hydrogen-bond acceptors (Lipinski definition) is 3. The summed E-state index contributed by atoms with van der Waals surface area (Å²) in [6.07, 6.45) is 2.38. The molecular weight excluding hydrogens is 276 g/mol. The maximum atomic E-state index is 12.2. The molecule has 0 bridgehead atoms. The molecule has 0 radical (unpaired) electrons. The van der Waals surface area contributed by atoms with Crippen LogP contribution in [0.2, 0.25) is 0 Å². The number of nitrogens with one attached hydrogen (secondary N) is 1. The lowest BCUT2D eigenvalue weighted by atomic mass is 10.0. The number of nitrogens with zero attached hydrogens (tertiary/aromatic N) is 1. The van der Waals surface area contributed by atoms with E-state index >= 15 is 0 Å². The Hall–Kier alpha value is -2.20. The molecule has 0 fully saturated rings. The zero-order valence-electron chi connectivity index (χ0n) is 13.0. The van der Waals surface area contributed by atoms with Crippen molar-refractivity contribution in [1.82, 2.24) is 10.3 Å². The summed E-state index contributed by atoms with van der Waals surface area (Å²) in [5.74, 6) is -0.145. The minimum Gasteiger partial charge on any atom is -0.396 e. The molecular formula is C18H22N2O2. The average molecular weight is 298 g/mol. The lowest BCUT2D eigenvalue weighted by molar-refractivity contribution is 0.0939. The zero-order chi connectivity index (χ0) is 15.9. The Bertz CT molecular complexity index is 626. The first-order valence-corrected chi connectivity index (χ1v) is 7.46. The van der Waals surface area contributed by atoms with Gasteiger partial charge in [0.15, 0.2) is 0 Å². The van der Waals surface area contributed by atoms with Crippen molar-refractivity contribution >= 4 is 5.91 Å². The number of amides is 1. The van der Waals surface area contributed by atoms with Crippen LogP contribution in [0.4, 0.5) is 0 Å². The van der Waals surface area contributed by atoms with Crippen LogP contribution in [0.1, 0.15) is 27.2 Å². The molecule has 4 heteroatoms. The summed E-state index contributed by atoms with van der Waals surface area (Å²) in [5.41, 5.74) is 3.83. The SMILES string of the molecule is Cc1ccc(C(=O)NCC(CO)Cc2ccccn2)cc1C. The predicted octanol–water partition coefficient (Wildman–Crippen LogP) is 2.28. The van der Waals surface area contributed by atoms with E-state index in [1.165, 1.54) is 5.56 Å². The number of benzene rings is 1. The van der Waals surface area contributed by atoms with Crippen LogP contribution in [0.25, 0.3) is 0 Å². The molecule has 0 aliphatic heterocycles. The Kier molecular flexibility index (Phi) is 5.67. The fraction of sp³-hybridized carbons (Fsp3) is 0.333. The molecule has 4 nitrogen and oxygen atoms in total. The lowest BCUT2D eigenvalue weighted by Crippen LogP contribution is -2.32. The molecule has 0 spiro atoms. The first-order valence-electron chi connectivity index (χ1n) is 7.46. The number of pyridine rings is 1. The van der Waals surface area contributed by atoms with Crippen molar-refractivity contribution < 1.29 is 9.90 Å². The van der Waals surface area contributed by atoms with Crippen LogP contribution in [0.3, 0.4) is 0 Å². The molecule has 0 aliphatic carbocycles. The van der Waals surface area contributed by atoms with Crippen LogP contribution in [0.5, 0.6) is 0 Å². The Morgan fingerprint density at radius 1 is 1.23 bits per heavy atom. The summed E-state index contributed by atoms with van der Waals surface area (Å²) in [5, 5.41) is 12.4. The van der Waals surface area contributed by atoms with Crippen molar-refractivity contribution in [3.63, 3.8) is 0 Å². The third kappa shape index (κ3) is 4.40. The maximum Gasteiger partial charge on any atom is 0.251 e. The van der Waals surface area contributed by atoms with Gasteiger partial charge in [-0.3, -0.25) is 9.78 Å². The number of carbonyl (C=O) groups is 1. The summed E-state index contributed by atoms with van der Waals surface area (Å²) in [4.78, 5) is 16.4. The molecule has 22 heavy (non-hydrogen) atoms. The van der Waals surface area contributed by atoms with Crippen LogP contribution in [0, 0.1) is 19.8 Å². The summed E-state index contributed by atoms with van der Waals surface area (Å²) in [6.45, 7) is 4.46. The fourth-order valence-electron chi connectivity index (χ4n) is 2.24. The highest BCUT2D eigenvalue weighted by Gasteiger charge is 2.12. The average Bonchev–Trinajstić information content (AvgIpc) is 2.54. The second kappa shape index (κ2) is 7.71. The molecule has 2 N–H and O–H groups in total. The largest absolute Gasteiger partial charge is 0.396 e. The van der Waals surface area contributed by atoms with E-state index in [-0.39, 0.29) is 18.4 Å². The van der Waals surface area contributed by atoms with Gasteiger partial charge in [0.2, 0.25) is 0 Å². The van der Waals surface area contributed by atoms with E-state index in [4.69, 9.17) is 0 Å². The van der Waals surface area contributed by atoms with Gasteiger partial charge >= 0.3 is 0 Å². The molecule has 1 heterocycles. The molecule has 2 rings (SSSR count). The minimum atomic E-state index is -0.109. The van der Waals surface area contributed by atoms with Gasteiger partial charge in [-0.15, -0.1) is 0 Å². The topological polar surface area (TPSA) is 62.2 Å². The second-order valence-corrected chi connectivity index (χ2v) is 5.58. The monoisotopic (exact) mass is 298 g/mol. The Morgan fingerprint density at radius 2 is 2.05 bits per heavy atom. The normalized spacial score (nSPS) is 12.0. The van der Waals surface area contributed by atoms with Gasteiger partial charge in [-0.25, -0.2) is 0 Å². The van der Waals surface area contributed by atoms with E-state index in [0.717, 1.165) is 11.3 Å². The molecule has 0 saturated carbocycles. The second-order valence-electron chi connectivity index (χ2n) is 5.58. The third-order valence-electron chi connectivity index (χ3n) is 3.80.